The molecule has 0 saturated heterocycles. The van der Waals surface area contributed by atoms with E-state index in [1.54, 1.807) is 6.92 Å². The Bertz CT molecular complexity index is 264. The van der Waals surface area contributed by atoms with Crippen molar-refractivity contribution >= 4 is 0 Å². The van der Waals surface area contributed by atoms with Crippen LogP contribution in [0.4, 0.5) is 13.2 Å². The monoisotopic (exact) mass is 179 g/mol. The van der Waals surface area contributed by atoms with Crippen molar-refractivity contribution in [1.29, 1.82) is 0 Å². The maximum absolute atomic E-state index is 11.9. The second-order valence-electron chi connectivity index (χ2n) is 2.49. The van der Waals surface area contributed by atoms with Crippen molar-refractivity contribution in [2.45, 2.75) is 19.1 Å². The molecule has 1 rings (SSSR count). The SMILES string of the molecule is C[C@@H](N)c1ccc(C(F)(F)F)o1. The molecule has 0 unspecified atom stereocenters. The van der Waals surface area contributed by atoms with Gasteiger partial charge in [0.2, 0.25) is 5.76 Å². The highest BCUT2D eigenvalue weighted by Crippen LogP contribution is 2.31. The van der Waals surface area contributed by atoms with Crippen LogP contribution >= 0.6 is 0 Å². The first kappa shape index (κ1) is 9.12. The number of nitrogens with two attached hydrogens (primary N) is 1. The fourth-order valence-electron chi connectivity index (χ4n) is 0.750. The van der Waals surface area contributed by atoms with E-state index in [-0.39, 0.29) is 5.76 Å². The molecule has 2 nitrogen and oxygen atoms in total. The number of hydrogen-bond acceptors (Lipinski definition) is 2. The van der Waals surface area contributed by atoms with Gasteiger partial charge in [0, 0.05) is 0 Å². The highest BCUT2D eigenvalue weighted by molar-refractivity contribution is 5.11. The lowest BCUT2D eigenvalue weighted by molar-refractivity contribution is -0.153. The summed E-state index contributed by atoms with van der Waals surface area (Å²) >= 11 is 0. The summed E-state index contributed by atoms with van der Waals surface area (Å²) in [7, 11) is 0. The largest absolute Gasteiger partial charge is 0.455 e. The summed E-state index contributed by atoms with van der Waals surface area (Å²) in [5.41, 5.74) is 5.31. The molecule has 0 fully saturated rings. The minimum Gasteiger partial charge on any atom is -0.455 e. The molecule has 1 heterocycles. The summed E-state index contributed by atoms with van der Waals surface area (Å²) < 4.78 is 40.2. The Balaban J connectivity index is 2.92. The molecule has 1 aromatic heterocycles. The molecular formula is C7H8F3NO. The first-order chi connectivity index (χ1) is 5.41. The Kier molecular flexibility index (Phi) is 2.14. The summed E-state index contributed by atoms with van der Waals surface area (Å²) in [5.74, 6) is -0.864. The van der Waals surface area contributed by atoms with Gasteiger partial charge in [0.15, 0.2) is 0 Å². The molecule has 0 spiro atoms. The molecule has 0 aliphatic rings. The molecule has 12 heavy (non-hydrogen) atoms. The minimum absolute atomic E-state index is 0.141. The second-order valence-corrected chi connectivity index (χ2v) is 2.49. The van der Waals surface area contributed by atoms with E-state index in [9.17, 15) is 13.2 Å². The number of hydrogen-bond donors (Lipinski definition) is 1. The van der Waals surface area contributed by atoms with E-state index in [2.05, 4.69) is 4.42 Å². The summed E-state index contributed by atoms with van der Waals surface area (Å²) in [6, 6.07) is 1.59. The normalized spacial score (nSPS) is 14.8. The maximum atomic E-state index is 11.9. The topological polar surface area (TPSA) is 39.2 Å². The van der Waals surface area contributed by atoms with Gasteiger partial charge in [0.1, 0.15) is 5.76 Å². The number of halogens is 3. The second kappa shape index (κ2) is 2.82. The summed E-state index contributed by atoms with van der Waals surface area (Å²) in [6.07, 6.45) is -4.42. The lowest BCUT2D eigenvalue weighted by atomic mass is 10.3. The van der Waals surface area contributed by atoms with Crippen LogP contribution in [0, 0.1) is 0 Å². The molecule has 68 valence electrons. The van der Waals surface area contributed by atoms with E-state index in [0.29, 0.717) is 0 Å². The smallest absolute Gasteiger partial charge is 0.449 e. The van der Waals surface area contributed by atoms with Gasteiger partial charge >= 0.3 is 6.18 Å². The molecule has 1 atom stereocenters. The van der Waals surface area contributed by atoms with Crippen LogP contribution < -0.4 is 5.73 Å². The van der Waals surface area contributed by atoms with Gasteiger partial charge in [-0.05, 0) is 19.1 Å². The Morgan fingerprint density at radius 3 is 2.25 bits per heavy atom. The number of rotatable bonds is 1. The van der Waals surface area contributed by atoms with Gasteiger partial charge in [-0.15, -0.1) is 0 Å². The molecule has 0 aliphatic carbocycles. The van der Waals surface area contributed by atoms with Crippen LogP contribution in [0.15, 0.2) is 16.5 Å². The average Bonchev–Trinajstić information content (AvgIpc) is 2.30. The van der Waals surface area contributed by atoms with Crippen molar-refractivity contribution in [1.82, 2.24) is 0 Å². The fourth-order valence-corrected chi connectivity index (χ4v) is 0.750. The van der Waals surface area contributed by atoms with Crippen molar-refractivity contribution in [3.05, 3.63) is 23.7 Å². The molecule has 1 aromatic rings. The first-order valence-corrected chi connectivity index (χ1v) is 3.34. The Morgan fingerprint density at radius 2 is 2.00 bits per heavy atom. The lowest BCUT2D eigenvalue weighted by Crippen LogP contribution is -2.05. The van der Waals surface area contributed by atoms with E-state index >= 15 is 0 Å². The summed E-state index contributed by atoms with van der Waals surface area (Å²) in [5, 5.41) is 0. The van der Waals surface area contributed by atoms with Crippen molar-refractivity contribution in [3.63, 3.8) is 0 Å². The van der Waals surface area contributed by atoms with E-state index in [4.69, 9.17) is 5.73 Å². The van der Waals surface area contributed by atoms with Crippen molar-refractivity contribution in [2.24, 2.45) is 5.73 Å². The molecule has 0 radical (unpaired) electrons. The van der Waals surface area contributed by atoms with E-state index in [0.717, 1.165) is 6.07 Å². The zero-order valence-electron chi connectivity index (χ0n) is 6.35. The Morgan fingerprint density at radius 1 is 1.42 bits per heavy atom. The molecule has 0 aliphatic heterocycles. The third kappa shape index (κ3) is 1.79. The third-order valence-electron chi connectivity index (χ3n) is 1.35. The summed E-state index contributed by atoms with van der Waals surface area (Å²) in [6.45, 7) is 1.55. The fraction of sp³-hybridized carbons (Fsp3) is 0.429. The van der Waals surface area contributed by atoms with E-state index < -0.39 is 18.0 Å². The quantitative estimate of drug-likeness (QED) is 0.718. The van der Waals surface area contributed by atoms with Gasteiger partial charge in [-0.3, -0.25) is 0 Å². The zero-order valence-corrected chi connectivity index (χ0v) is 6.35. The van der Waals surface area contributed by atoms with E-state index in [1.165, 1.54) is 6.07 Å². The Labute approximate surface area is 67.2 Å². The molecular weight excluding hydrogens is 171 g/mol. The van der Waals surface area contributed by atoms with Crippen LogP contribution in [0.5, 0.6) is 0 Å². The van der Waals surface area contributed by atoms with Crippen LogP contribution in [-0.2, 0) is 6.18 Å². The first-order valence-electron chi connectivity index (χ1n) is 3.34. The van der Waals surface area contributed by atoms with E-state index in [1.807, 2.05) is 0 Å². The van der Waals surface area contributed by atoms with Crippen molar-refractivity contribution in [3.8, 4) is 0 Å². The molecule has 0 bridgehead atoms. The molecule has 0 amide bonds. The molecule has 0 saturated carbocycles. The van der Waals surface area contributed by atoms with Gasteiger partial charge in [0.25, 0.3) is 0 Å². The maximum Gasteiger partial charge on any atom is 0.449 e. The number of furan rings is 1. The van der Waals surface area contributed by atoms with Gasteiger partial charge < -0.3 is 10.2 Å². The van der Waals surface area contributed by atoms with Crippen LogP contribution in [0.3, 0.4) is 0 Å². The minimum atomic E-state index is -4.42. The van der Waals surface area contributed by atoms with Gasteiger partial charge in [-0.25, -0.2) is 0 Å². The Hall–Kier alpha value is -0.970. The van der Waals surface area contributed by atoms with Crippen LogP contribution in [-0.4, -0.2) is 0 Å². The standard InChI is InChI=1S/C7H8F3NO/c1-4(11)5-2-3-6(12-5)7(8,9)10/h2-4H,11H2,1H3/t4-/m1/s1. The van der Waals surface area contributed by atoms with Crippen LogP contribution in [0.1, 0.15) is 24.5 Å². The predicted molar refractivity (Wildman–Crippen MR) is 36.3 cm³/mol. The molecule has 2 N–H and O–H groups in total. The van der Waals surface area contributed by atoms with Gasteiger partial charge in [-0.2, -0.15) is 13.2 Å². The van der Waals surface area contributed by atoms with Gasteiger partial charge in [0.05, 0.1) is 6.04 Å². The summed E-state index contributed by atoms with van der Waals surface area (Å²) in [4.78, 5) is 0. The highest BCUT2D eigenvalue weighted by Gasteiger charge is 2.34. The molecule has 5 heteroatoms. The van der Waals surface area contributed by atoms with Crippen LogP contribution in [0.2, 0.25) is 0 Å². The predicted octanol–water partition coefficient (Wildman–Crippen LogP) is 2.32. The van der Waals surface area contributed by atoms with Crippen LogP contribution in [0.25, 0.3) is 0 Å². The zero-order chi connectivity index (χ0) is 9.35. The van der Waals surface area contributed by atoms with Crippen molar-refractivity contribution < 1.29 is 17.6 Å². The van der Waals surface area contributed by atoms with Crippen molar-refractivity contribution in [2.75, 3.05) is 0 Å². The van der Waals surface area contributed by atoms with Gasteiger partial charge in [-0.1, -0.05) is 0 Å². The number of alkyl halides is 3. The highest BCUT2D eigenvalue weighted by atomic mass is 19.4. The lowest BCUT2D eigenvalue weighted by Gasteiger charge is -2.02. The average molecular weight is 179 g/mol. The molecule has 0 aromatic carbocycles. The third-order valence-corrected chi connectivity index (χ3v) is 1.35.